The van der Waals surface area contributed by atoms with Gasteiger partial charge in [0.15, 0.2) is 9.84 Å². The predicted molar refractivity (Wildman–Crippen MR) is 68.1 cm³/mol. The van der Waals surface area contributed by atoms with Crippen LogP contribution in [0.25, 0.3) is 0 Å². The third-order valence-electron chi connectivity index (χ3n) is 3.12. The van der Waals surface area contributed by atoms with Crippen LogP contribution in [0.5, 0.6) is 0 Å². The zero-order valence-electron chi connectivity index (χ0n) is 9.89. The first-order valence-corrected chi connectivity index (χ1v) is 8.24. The smallest absolute Gasteiger partial charge is 0.151 e. The molecule has 6 heteroatoms. The fourth-order valence-electron chi connectivity index (χ4n) is 1.91. The van der Waals surface area contributed by atoms with Gasteiger partial charge < -0.3 is 0 Å². The van der Waals surface area contributed by atoms with Gasteiger partial charge in [0.05, 0.1) is 24.4 Å². The summed E-state index contributed by atoms with van der Waals surface area (Å²) in [6, 6.07) is 0. The minimum Gasteiger partial charge on any atom is -0.268 e. The van der Waals surface area contributed by atoms with Crippen LogP contribution >= 0.6 is 11.6 Å². The molecule has 1 heterocycles. The molecule has 4 nitrogen and oxygen atoms in total. The molecule has 1 fully saturated rings. The number of nitrogens with zero attached hydrogens (tertiary/aromatic N) is 2. The number of hydrogen-bond acceptors (Lipinski definition) is 3. The highest BCUT2D eigenvalue weighted by atomic mass is 35.5. The zero-order chi connectivity index (χ0) is 12.5. The van der Waals surface area contributed by atoms with Crippen LogP contribution < -0.4 is 0 Å². The fraction of sp³-hybridized carbons (Fsp3) is 0.727. The van der Waals surface area contributed by atoms with Crippen LogP contribution in [0.4, 0.5) is 0 Å². The molecular formula is C11H17ClN2O2S. The van der Waals surface area contributed by atoms with E-state index in [2.05, 4.69) is 5.10 Å². The Bertz CT molecular complexity index is 492. The standard InChI is InChI=1S/C11H17ClN2O2S/c1-2-17(15,16)6-5-14-11(9-3-4-9)10(7-12)8-13-14/h8-9H,2-7H2,1H3. The third kappa shape index (κ3) is 3.01. The molecule has 0 unspecified atom stereocenters. The van der Waals surface area contributed by atoms with E-state index >= 15 is 0 Å². The lowest BCUT2D eigenvalue weighted by atomic mass is 10.2. The first-order valence-electron chi connectivity index (χ1n) is 5.88. The molecule has 1 aromatic rings. The van der Waals surface area contributed by atoms with E-state index in [4.69, 9.17) is 11.6 Å². The van der Waals surface area contributed by atoms with Crippen molar-refractivity contribution in [1.82, 2.24) is 9.78 Å². The van der Waals surface area contributed by atoms with Crippen molar-refractivity contribution in [3.8, 4) is 0 Å². The monoisotopic (exact) mass is 276 g/mol. The van der Waals surface area contributed by atoms with Gasteiger partial charge in [-0.15, -0.1) is 11.6 Å². The lowest BCUT2D eigenvalue weighted by Crippen LogP contribution is -2.17. The first kappa shape index (κ1) is 12.9. The van der Waals surface area contributed by atoms with Crippen molar-refractivity contribution in [3.05, 3.63) is 17.5 Å². The molecular weight excluding hydrogens is 260 g/mol. The Kier molecular flexibility index (Phi) is 3.78. The molecule has 1 aliphatic rings. The van der Waals surface area contributed by atoms with Crippen molar-refractivity contribution in [2.45, 2.75) is 38.1 Å². The number of sulfone groups is 1. The average Bonchev–Trinajstić information content (AvgIpc) is 3.07. The highest BCUT2D eigenvalue weighted by Gasteiger charge is 2.30. The molecule has 1 aromatic heterocycles. The van der Waals surface area contributed by atoms with Crippen molar-refractivity contribution < 1.29 is 8.42 Å². The Morgan fingerprint density at radius 1 is 1.53 bits per heavy atom. The molecule has 1 saturated carbocycles. The Hall–Kier alpha value is -0.550. The summed E-state index contributed by atoms with van der Waals surface area (Å²) in [6.45, 7) is 2.11. The molecule has 0 saturated heterocycles. The molecule has 0 amide bonds. The van der Waals surface area contributed by atoms with E-state index in [9.17, 15) is 8.42 Å². The van der Waals surface area contributed by atoms with Crippen LogP contribution in [0, 0.1) is 0 Å². The van der Waals surface area contributed by atoms with Gasteiger partial charge in [-0.25, -0.2) is 8.42 Å². The maximum atomic E-state index is 11.5. The molecule has 0 radical (unpaired) electrons. The summed E-state index contributed by atoms with van der Waals surface area (Å²) >= 11 is 5.86. The Morgan fingerprint density at radius 2 is 2.24 bits per heavy atom. The van der Waals surface area contributed by atoms with Crippen molar-refractivity contribution in [2.75, 3.05) is 11.5 Å². The van der Waals surface area contributed by atoms with Gasteiger partial charge in [-0.2, -0.15) is 5.10 Å². The Balaban J connectivity index is 2.13. The van der Waals surface area contributed by atoms with E-state index in [1.807, 2.05) is 4.68 Å². The molecule has 96 valence electrons. The van der Waals surface area contributed by atoms with Crippen LogP contribution in [-0.4, -0.2) is 29.7 Å². The van der Waals surface area contributed by atoms with Crippen molar-refractivity contribution in [2.24, 2.45) is 0 Å². The molecule has 2 rings (SSSR count). The number of hydrogen-bond donors (Lipinski definition) is 0. The topological polar surface area (TPSA) is 52.0 Å². The molecule has 1 aliphatic carbocycles. The van der Waals surface area contributed by atoms with Gasteiger partial charge in [0.2, 0.25) is 0 Å². The molecule has 0 aliphatic heterocycles. The van der Waals surface area contributed by atoms with E-state index < -0.39 is 9.84 Å². The summed E-state index contributed by atoms with van der Waals surface area (Å²) in [7, 11) is -2.93. The van der Waals surface area contributed by atoms with Gasteiger partial charge in [0.1, 0.15) is 0 Å². The number of rotatable bonds is 6. The molecule has 0 atom stereocenters. The molecule has 17 heavy (non-hydrogen) atoms. The van der Waals surface area contributed by atoms with Crippen LogP contribution in [0.3, 0.4) is 0 Å². The van der Waals surface area contributed by atoms with E-state index in [-0.39, 0.29) is 11.5 Å². The van der Waals surface area contributed by atoms with Crippen molar-refractivity contribution >= 4 is 21.4 Å². The van der Waals surface area contributed by atoms with Crippen LogP contribution in [0.2, 0.25) is 0 Å². The lowest BCUT2D eigenvalue weighted by molar-refractivity contribution is 0.574. The van der Waals surface area contributed by atoms with E-state index in [1.54, 1.807) is 13.1 Å². The lowest BCUT2D eigenvalue weighted by Gasteiger charge is -2.08. The molecule has 0 aromatic carbocycles. The summed E-state index contributed by atoms with van der Waals surface area (Å²) in [5.74, 6) is 1.34. The van der Waals surface area contributed by atoms with Crippen LogP contribution in [0.15, 0.2) is 6.20 Å². The first-order chi connectivity index (χ1) is 8.07. The van der Waals surface area contributed by atoms with Crippen LogP contribution in [-0.2, 0) is 22.3 Å². The summed E-state index contributed by atoms with van der Waals surface area (Å²) in [5.41, 5.74) is 2.19. The van der Waals surface area contributed by atoms with Crippen LogP contribution in [0.1, 0.15) is 36.9 Å². The number of aromatic nitrogens is 2. The second-order valence-corrected chi connectivity index (χ2v) is 7.16. The van der Waals surface area contributed by atoms with Gasteiger partial charge in [-0.3, -0.25) is 4.68 Å². The predicted octanol–water partition coefficient (Wildman–Crippen LogP) is 1.93. The SMILES string of the molecule is CCS(=O)(=O)CCn1ncc(CCl)c1C1CC1. The van der Waals surface area contributed by atoms with Gasteiger partial charge in [-0.05, 0) is 12.8 Å². The summed E-state index contributed by atoms with van der Waals surface area (Å²) in [6.07, 6.45) is 4.09. The summed E-state index contributed by atoms with van der Waals surface area (Å²) < 4.78 is 24.8. The van der Waals surface area contributed by atoms with Gasteiger partial charge in [0.25, 0.3) is 0 Å². The molecule has 0 spiro atoms. The van der Waals surface area contributed by atoms with Gasteiger partial charge in [-0.1, -0.05) is 6.92 Å². The van der Waals surface area contributed by atoms with E-state index in [1.165, 1.54) is 0 Å². The Morgan fingerprint density at radius 3 is 2.76 bits per heavy atom. The van der Waals surface area contributed by atoms with Crippen molar-refractivity contribution in [1.29, 1.82) is 0 Å². The second-order valence-electron chi connectivity index (χ2n) is 4.42. The molecule has 0 N–H and O–H groups in total. The van der Waals surface area contributed by atoms with E-state index in [0.717, 1.165) is 24.1 Å². The van der Waals surface area contributed by atoms with Gasteiger partial charge in [0, 0.05) is 22.9 Å². The summed E-state index contributed by atoms with van der Waals surface area (Å²) in [5, 5.41) is 4.25. The number of halogens is 1. The number of aryl methyl sites for hydroxylation is 1. The van der Waals surface area contributed by atoms with Crippen molar-refractivity contribution in [3.63, 3.8) is 0 Å². The Labute approximate surface area is 107 Å². The molecule has 0 bridgehead atoms. The zero-order valence-corrected chi connectivity index (χ0v) is 11.5. The van der Waals surface area contributed by atoms with Gasteiger partial charge >= 0.3 is 0 Å². The largest absolute Gasteiger partial charge is 0.268 e. The highest BCUT2D eigenvalue weighted by molar-refractivity contribution is 7.91. The highest BCUT2D eigenvalue weighted by Crippen LogP contribution is 2.41. The maximum Gasteiger partial charge on any atom is 0.151 e. The summed E-state index contributed by atoms with van der Waals surface area (Å²) in [4.78, 5) is 0. The quantitative estimate of drug-likeness (QED) is 0.746. The number of alkyl halides is 1. The normalized spacial score (nSPS) is 16.4. The van der Waals surface area contributed by atoms with E-state index in [0.29, 0.717) is 18.3 Å². The minimum atomic E-state index is -2.93. The maximum absolute atomic E-state index is 11.5. The second kappa shape index (κ2) is 4.98. The third-order valence-corrected chi connectivity index (χ3v) is 5.09. The average molecular weight is 277 g/mol. The fourth-order valence-corrected chi connectivity index (χ4v) is 2.86. The minimum absolute atomic E-state index is 0.159.